The van der Waals surface area contributed by atoms with Gasteiger partial charge in [-0.05, 0) is 6.07 Å². The van der Waals surface area contributed by atoms with E-state index in [1.165, 1.54) is 24.7 Å². The Labute approximate surface area is 141 Å². The van der Waals surface area contributed by atoms with Crippen molar-refractivity contribution in [3.63, 3.8) is 0 Å². The van der Waals surface area contributed by atoms with Crippen LogP contribution in [-0.4, -0.2) is 20.9 Å². The summed E-state index contributed by atoms with van der Waals surface area (Å²) in [6.45, 7) is 0. The molecule has 4 aromatic rings. The first-order chi connectivity index (χ1) is 12.2. The molecule has 0 unspecified atom stereocenters. The predicted octanol–water partition coefficient (Wildman–Crippen LogP) is 3.68. The van der Waals surface area contributed by atoms with Gasteiger partial charge in [0, 0.05) is 24.0 Å². The summed E-state index contributed by atoms with van der Waals surface area (Å²) < 4.78 is 19.3. The number of anilines is 1. The number of oxazole rings is 1. The Morgan fingerprint density at radius 3 is 2.68 bits per heavy atom. The van der Waals surface area contributed by atoms with Crippen LogP contribution >= 0.6 is 0 Å². The summed E-state index contributed by atoms with van der Waals surface area (Å²) >= 11 is 0. The molecule has 1 amide bonds. The van der Waals surface area contributed by atoms with E-state index in [9.17, 15) is 9.18 Å². The highest BCUT2D eigenvalue weighted by Crippen LogP contribution is 2.23. The number of carbonyl (C=O) groups excluding carboxylic acids is 1. The fraction of sp³-hybridized carbons (Fsp3) is 0. The summed E-state index contributed by atoms with van der Waals surface area (Å²) in [6.07, 6.45) is 4.38. The Hall–Kier alpha value is -3.61. The first kappa shape index (κ1) is 14.9. The molecule has 4 rings (SSSR count). The molecule has 6 nitrogen and oxygen atoms in total. The van der Waals surface area contributed by atoms with Crippen molar-refractivity contribution < 1.29 is 13.6 Å². The predicted molar refractivity (Wildman–Crippen MR) is 89.4 cm³/mol. The van der Waals surface area contributed by atoms with Gasteiger partial charge in [-0.15, -0.1) is 0 Å². The Kier molecular flexibility index (Phi) is 3.66. The minimum Gasteiger partial charge on any atom is -0.423 e. The molecule has 0 aliphatic heterocycles. The Balaban J connectivity index is 1.64. The van der Waals surface area contributed by atoms with Crippen LogP contribution in [0.2, 0.25) is 0 Å². The molecule has 0 aliphatic carbocycles. The van der Waals surface area contributed by atoms with Crippen LogP contribution in [0, 0.1) is 5.82 Å². The van der Waals surface area contributed by atoms with Gasteiger partial charge in [-0.25, -0.2) is 9.37 Å². The molecule has 0 saturated heterocycles. The smallest absolute Gasteiger partial charge is 0.302 e. The normalized spacial score (nSPS) is 10.8. The third-order valence-corrected chi connectivity index (χ3v) is 3.57. The second-order valence-electron chi connectivity index (χ2n) is 5.23. The van der Waals surface area contributed by atoms with Crippen LogP contribution in [-0.2, 0) is 0 Å². The third kappa shape index (κ3) is 2.94. The molecule has 0 radical (unpaired) electrons. The maximum Gasteiger partial charge on any atom is 0.302 e. The second-order valence-corrected chi connectivity index (χ2v) is 5.23. The third-order valence-electron chi connectivity index (χ3n) is 3.57. The van der Waals surface area contributed by atoms with Crippen molar-refractivity contribution in [2.24, 2.45) is 0 Å². The molecule has 0 spiro atoms. The van der Waals surface area contributed by atoms with Gasteiger partial charge in [-0.1, -0.05) is 30.3 Å². The molecule has 1 N–H and O–H groups in total. The van der Waals surface area contributed by atoms with Crippen LogP contribution in [0.4, 0.5) is 10.4 Å². The van der Waals surface area contributed by atoms with Gasteiger partial charge in [0.25, 0.3) is 5.91 Å². The Bertz CT molecular complexity index is 1060. The molecule has 2 heterocycles. The van der Waals surface area contributed by atoms with E-state index in [1.807, 2.05) is 30.3 Å². The monoisotopic (exact) mass is 334 g/mol. The van der Waals surface area contributed by atoms with Gasteiger partial charge in [0.1, 0.15) is 11.3 Å². The van der Waals surface area contributed by atoms with Gasteiger partial charge in [-0.2, -0.15) is 0 Å². The number of rotatable bonds is 3. The number of aromatic nitrogens is 3. The average Bonchev–Trinajstić information content (AvgIpc) is 3.10. The van der Waals surface area contributed by atoms with Gasteiger partial charge in [-0.3, -0.25) is 20.1 Å². The molecule has 0 atom stereocenters. The van der Waals surface area contributed by atoms with Crippen LogP contribution in [0.1, 0.15) is 10.4 Å². The molecular formula is C18H11FN4O2. The van der Waals surface area contributed by atoms with Gasteiger partial charge in [0.15, 0.2) is 5.76 Å². The van der Waals surface area contributed by atoms with Gasteiger partial charge in [0.05, 0.1) is 17.3 Å². The first-order valence-corrected chi connectivity index (χ1v) is 7.43. The van der Waals surface area contributed by atoms with E-state index < -0.39 is 11.7 Å². The van der Waals surface area contributed by atoms with Crippen molar-refractivity contribution in [3.8, 4) is 11.3 Å². The minimum atomic E-state index is -0.577. The highest BCUT2D eigenvalue weighted by atomic mass is 19.1. The number of nitrogens with one attached hydrogen (secondary N) is 1. The van der Waals surface area contributed by atoms with E-state index in [0.29, 0.717) is 16.8 Å². The summed E-state index contributed by atoms with van der Waals surface area (Å²) in [5, 5.41) is 2.52. The number of hydrogen-bond acceptors (Lipinski definition) is 5. The van der Waals surface area contributed by atoms with E-state index >= 15 is 0 Å². The molecule has 0 saturated carbocycles. The number of halogens is 1. The van der Waals surface area contributed by atoms with Crippen molar-refractivity contribution in [1.29, 1.82) is 0 Å². The van der Waals surface area contributed by atoms with E-state index in [-0.39, 0.29) is 11.6 Å². The molecule has 2 aromatic heterocycles. The number of nitrogens with zero attached hydrogens (tertiary/aromatic N) is 3. The molecular weight excluding hydrogens is 323 g/mol. The number of amides is 1. The molecule has 2 aromatic carbocycles. The van der Waals surface area contributed by atoms with Crippen molar-refractivity contribution in [2.75, 3.05) is 5.32 Å². The Morgan fingerprint density at radius 1 is 1.04 bits per heavy atom. The summed E-state index contributed by atoms with van der Waals surface area (Å²) in [4.78, 5) is 24.6. The van der Waals surface area contributed by atoms with Crippen LogP contribution in [0.15, 0.2) is 65.5 Å². The van der Waals surface area contributed by atoms with Crippen LogP contribution in [0.3, 0.4) is 0 Å². The van der Waals surface area contributed by atoms with Crippen molar-refractivity contribution in [3.05, 3.63) is 72.4 Å². The highest BCUT2D eigenvalue weighted by Gasteiger charge is 2.16. The lowest BCUT2D eigenvalue weighted by Gasteiger charge is -2.05. The summed E-state index contributed by atoms with van der Waals surface area (Å²) in [6, 6.07) is 11.7. The van der Waals surface area contributed by atoms with Crippen LogP contribution in [0.5, 0.6) is 0 Å². The fourth-order valence-electron chi connectivity index (χ4n) is 2.45. The molecule has 0 bridgehead atoms. The zero-order chi connectivity index (χ0) is 17.2. The standard InChI is InChI=1S/C18H11FN4O2/c19-12-8-13(16-14(9-12)20-6-7-21-16)17(24)23-18-22-10-15(25-18)11-4-2-1-3-5-11/h1-10H,(H,22,23,24). The van der Waals surface area contributed by atoms with Crippen molar-refractivity contribution in [1.82, 2.24) is 15.0 Å². The zero-order valence-corrected chi connectivity index (χ0v) is 12.8. The van der Waals surface area contributed by atoms with E-state index in [4.69, 9.17) is 4.42 Å². The topological polar surface area (TPSA) is 80.9 Å². The van der Waals surface area contributed by atoms with Gasteiger partial charge in [0.2, 0.25) is 0 Å². The molecule has 7 heteroatoms. The lowest BCUT2D eigenvalue weighted by molar-refractivity contribution is 0.102. The lowest BCUT2D eigenvalue weighted by atomic mass is 10.1. The van der Waals surface area contributed by atoms with Crippen molar-refractivity contribution in [2.45, 2.75) is 0 Å². The van der Waals surface area contributed by atoms with Gasteiger partial charge >= 0.3 is 6.01 Å². The number of benzene rings is 2. The fourth-order valence-corrected chi connectivity index (χ4v) is 2.45. The summed E-state index contributed by atoms with van der Waals surface area (Å²) in [5.74, 6) is -0.637. The largest absolute Gasteiger partial charge is 0.423 e. The number of carbonyl (C=O) groups is 1. The summed E-state index contributed by atoms with van der Waals surface area (Å²) in [7, 11) is 0. The second kappa shape index (κ2) is 6.12. The maximum absolute atomic E-state index is 13.7. The first-order valence-electron chi connectivity index (χ1n) is 7.43. The molecule has 122 valence electrons. The van der Waals surface area contributed by atoms with E-state index in [2.05, 4.69) is 20.3 Å². The van der Waals surface area contributed by atoms with E-state index in [0.717, 1.165) is 11.6 Å². The lowest BCUT2D eigenvalue weighted by Crippen LogP contribution is -2.13. The summed E-state index contributed by atoms with van der Waals surface area (Å²) in [5.41, 5.74) is 1.49. The SMILES string of the molecule is O=C(Nc1ncc(-c2ccccc2)o1)c1cc(F)cc2nccnc12. The maximum atomic E-state index is 13.7. The molecule has 0 fully saturated rings. The number of hydrogen-bond donors (Lipinski definition) is 1. The minimum absolute atomic E-state index is 0.0187. The van der Waals surface area contributed by atoms with E-state index in [1.54, 1.807) is 0 Å². The van der Waals surface area contributed by atoms with Crippen molar-refractivity contribution >= 4 is 23.0 Å². The molecule has 25 heavy (non-hydrogen) atoms. The number of fused-ring (bicyclic) bond motifs is 1. The van der Waals surface area contributed by atoms with Crippen LogP contribution in [0.25, 0.3) is 22.4 Å². The van der Waals surface area contributed by atoms with Gasteiger partial charge < -0.3 is 4.42 Å². The average molecular weight is 334 g/mol. The Morgan fingerprint density at radius 2 is 1.84 bits per heavy atom. The quantitative estimate of drug-likeness (QED) is 0.618. The molecule has 0 aliphatic rings. The highest BCUT2D eigenvalue weighted by molar-refractivity contribution is 6.10. The van der Waals surface area contributed by atoms with Crippen LogP contribution < -0.4 is 5.32 Å². The zero-order valence-electron chi connectivity index (χ0n) is 12.8.